The predicted octanol–water partition coefficient (Wildman–Crippen LogP) is 2.71. The third-order valence-electron chi connectivity index (χ3n) is 2.62. The van der Waals surface area contributed by atoms with Gasteiger partial charge in [-0.25, -0.2) is 0 Å². The van der Waals surface area contributed by atoms with Crippen molar-refractivity contribution in [2.75, 3.05) is 11.5 Å². The summed E-state index contributed by atoms with van der Waals surface area (Å²) in [6.45, 7) is 6.24. The van der Waals surface area contributed by atoms with E-state index in [1.54, 1.807) is 0 Å². The van der Waals surface area contributed by atoms with Gasteiger partial charge in [0.15, 0.2) is 0 Å². The molecule has 1 aromatic carbocycles. The van der Waals surface area contributed by atoms with Gasteiger partial charge in [-0.15, -0.1) is 12.4 Å². The van der Waals surface area contributed by atoms with Gasteiger partial charge in [-0.3, -0.25) is 0 Å². The first-order valence-corrected chi connectivity index (χ1v) is 4.78. The quantitative estimate of drug-likeness (QED) is 0.744. The minimum atomic E-state index is 0. The molecule has 1 rings (SSSR count). The second kappa shape index (κ2) is 5.11. The number of aryl methyl sites for hydroxylation is 1. The molecule has 0 aliphatic carbocycles. The van der Waals surface area contributed by atoms with Gasteiger partial charge in [0, 0.05) is 11.4 Å². The molecule has 0 radical (unpaired) electrons. The van der Waals surface area contributed by atoms with Crippen molar-refractivity contribution in [1.29, 1.82) is 0 Å². The van der Waals surface area contributed by atoms with Crippen LogP contribution >= 0.6 is 12.4 Å². The molecule has 0 aliphatic heterocycles. The molecule has 0 saturated heterocycles. The van der Waals surface area contributed by atoms with Crippen molar-refractivity contribution in [2.24, 2.45) is 0 Å². The molecule has 4 N–H and O–H groups in total. The molecule has 14 heavy (non-hydrogen) atoms. The third-order valence-corrected chi connectivity index (χ3v) is 2.62. The Hall–Kier alpha value is -0.890. The summed E-state index contributed by atoms with van der Waals surface area (Å²) < 4.78 is 0. The van der Waals surface area contributed by atoms with Crippen LogP contribution in [0.1, 0.15) is 30.5 Å². The zero-order chi connectivity index (χ0) is 10.0. The summed E-state index contributed by atoms with van der Waals surface area (Å²) in [5.41, 5.74) is 17.2. The molecule has 80 valence electrons. The summed E-state index contributed by atoms with van der Waals surface area (Å²) in [5.74, 6) is 0. The Morgan fingerprint density at radius 1 is 1.14 bits per heavy atom. The molecule has 2 nitrogen and oxygen atoms in total. The monoisotopic (exact) mass is 214 g/mol. The molecule has 0 aromatic heterocycles. The number of hydrogen-bond donors (Lipinski definition) is 2. The Kier molecular flexibility index (Phi) is 4.78. The number of halogens is 1. The van der Waals surface area contributed by atoms with Crippen molar-refractivity contribution in [2.45, 2.75) is 33.6 Å². The number of anilines is 2. The minimum Gasteiger partial charge on any atom is -0.398 e. The molecule has 1 aromatic rings. The van der Waals surface area contributed by atoms with Crippen LogP contribution in [-0.2, 0) is 12.8 Å². The van der Waals surface area contributed by atoms with E-state index in [4.69, 9.17) is 11.5 Å². The number of rotatable bonds is 2. The van der Waals surface area contributed by atoms with Crippen molar-refractivity contribution in [3.8, 4) is 0 Å². The van der Waals surface area contributed by atoms with E-state index in [2.05, 4.69) is 13.8 Å². The van der Waals surface area contributed by atoms with E-state index in [1.165, 1.54) is 5.56 Å². The maximum Gasteiger partial charge on any atom is 0.0380 e. The predicted molar refractivity (Wildman–Crippen MR) is 66.0 cm³/mol. The molecular formula is C11H19ClN2. The lowest BCUT2D eigenvalue weighted by Crippen LogP contribution is -2.04. The van der Waals surface area contributed by atoms with Crippen LogP contribution in [-0.4, -0.2) is 0 Å². The average molecular weight is 215 g/mol. The highest BCUT2D eigenvalue weighted by atomic mass is 35.5. The van der Waals surface area contributed by atoms with E-state index in [0.717, 1.165) is 35.3 Å². The van der Waals surface area contributed by atoms with E-state index >= 15 is 0 Å². The molecule has 0 heterocycles. The fourth-order valence-corrected chi connectivity index (χ4v) is 1.73. The van der Waals surface area contributed by atoms with Crippen molar-refractivity contribution < 1.29 is 0 Å². The maximum absolute atomic E-state index is 5.98. The number of benzene rings is 1. The number of nitrogens with two attached hydrogens (primary N) is 2. The SMILES string of the molecule is CCc1cc(N)c(CC)c(C)c1N.Cl. The van der Waals surface area contributed by atoms with E-state index in [9.17, 15) is 0 Å². The van der Waals surface area contributed by atoms with Crippen molar-refractivity contribution in [3.05, 3.63) is 22.8 Å². The van der Waals surface area contributed by atoms with Gasteiger partial charge < -0.3 is 11.5 Å². The van der Waals surface area contributed by atoms with Gasteiger partial charge in [0.2, 0.25) is 0 Å². The average Bonchev–Trinajstić information content (AvgIpc) is 2.12. The summed E-state index contributed by atoms with van der Waals surface area (Å²) in [6.07, 6.45) is 1.90. The van der Waals surface area contributed by atoms with Gasteiger partial charge in [0.25, 0.3) is 0 Å². The molecule has 0 atom stereocenters. The second-order valence-corrected chi connectivity index (χ2v) is 3.35. The van der Waals surface area contributed by atoms with E-state index in [1.807, 2.05) is 13.0 Å². The van der Waals surface area contributed by atoms with Gasteiger partial charge in [-0.1, -0.05) is 13.8 Å². The smallest absolute Gasteiger partial charge is 0.0380 e. The van der Waals surface area contributed by atoms with Crippen LogP contribution in [0.25, 0.3) is 0 Å². The molecule has 0 spiro atoms. The largest absolute Gasteiger partial charge is 0.398 e. The Balaban J connectivity index is 0.00000169. The Labute approximate surface area is 92.1 Å². The first-order chi connectivity index (χ1) is 6.11. The molecule has 0 fully saturated rings. The van der Waals surface area contributed by atoms with E-state index in [-0.39, 0.29) is 12.4 Å². The lowest BCUT2D eigenvalue weighted by Gasteiger charge is -2.13. The highest BCUT2D eigenvalue weighted by molar-refractivity contribution is 5.85. The standard InChI is InChI=1S/C11H18N2.ClH/c1-4-8-6-10(12)9(5-2)7(3)11(8)13;/h6H,4-5,12-13H2,1-3H3;1H. The summed E-state index contributed by atoms with van der Waals surface area (Å²) >= 11 is 0. The zero-order valence-electron chi connectivity index (χ0n) is 9.05. The molecule has 0 unspecified atom stereocenters. The van der Waals surface area contributed by atoms with Crippen molar-refractivity contribution in [1.82, 2.24) is 0 Å². The Morgan fingerprint density at radius 2 is 1.71 bits per heavy atom. The number of hydrogen-bond acceptors (Lipinski definition) is 2. The third kappa shape index (κ3) is 2.13. The van der Waals surface area contributed by atoms with Gasteiger partial charge in [0.1, 0.15) is 0 Å². The van der Waals surface area contributed by atoms with E-state index < -0.39 is 0 Å². The summed E-state index contributed by atoms with van der Waals surface area (Å²) in [4.78, 5) is 0. The summed E-state index contributed by atoms with van der Waals surface area (Å²) in [7, 11) is 0. The fourth-order valence-electron chi connectivity index (χ4n) is 1.73. The fraction of sp³-hybridized carbons (Fsp3) is 0.455. The van der Waals surface area contributed by atoms with Crippen LogP contribution in [0, 0.1) is 6.92 Å². The summed E-state index contributed by atoms with van der Waals surface area (Å²) in [5, 5.41) is 0. The van der Waals surface area contributed by atoms with Gasteiger partial charge in [0.05, 0.1) is 0 Å². The van der Waals surface area contributed by atoms with Crippen molar-refractivity contribution in [3.63, 3.8) is 0 Å². The molecule has 0 bridgehead atoms. The number of nitrogen functional groups attached to an aromatic ring is 2. The second-order valence-electron chi connectivity index (χ2n) is 3.35. The minimum absolute atomic E-state index is 0. The van der Waals surface area contributed by atoms with Gasteiger partial charge >= 0.3 is 0 Å². The van der Waals surface area contributed by atoms with Crippen LogP contribution in [0.2, 0.25) is 0 Å². The topological polar surface area (TPSA) is 52.0 Å². The lowest BCUT2D eigenvalue weighted by molar-refractivity contribution is 1.08. The normalized spacial score (nSPS) is 9.64. The molecule has 0 saturated carbocycles. The molecule has 0 aliphatic rings. The van der Waals surface area contributed by atoms with Gasteiger partial charge in [-0.05, 0) is 42.5 Å². The maximum atomic E-state index is 5.98. The lowest BCUT2D eigenvalue weighted by atomic mass is 9.97. The zero-order valence-corrected chi connectivity index (χ0v) is 9.87. The van der Waals surface area contributed by atoms with Crippen molar-refractivity contribution >= 4 is 23.8 Å². The molecule has 3 heteroatoms. The van der Waals surface area contributed by atoms with Crippen LogP contribution in [0.3, 0.4) is 0 Å². The Bertz CT molecular complexity index is 322. The van der Waals surface area contributed by atoms with Crippen LogP contribution in [0.15, 0.2) is 6.07 Å². The van der Waals surface area contributed by atoms with Crippen LogP contribution < -0.4 is 11.5 Å². The van der Waals surface area contributed by atoms with Crippen LogP contribution in [0.5, 0.6) is 0 Å². The molecular weight excluding hydrogens is 196 g/mol. The first kappa shape index (κ1) is 13.1. The van der Waals surface area contributed by atoms with Gasteiger partial charge in [-0.2, -0.15) is 0 Å². The van der Waals surface area contributed by atoms with E-state index in [0.29, 0.717) is 0 Å². The summed E-state index contributed by atoms with van der Waals surface area (Å²) in [6, 6.07) is 2.00. The Morgan fingerprint density at radius 3 is 2.14 bits per heavy atom. The highest BCUT2D eigenvalue weighted by Gasteiger charge is 2.08. The molecule has 0 amide bonds. The first-order valence-electron chi connectivity index (χ1n) is 4.78. The highest BCUT2D eigenvalue weighted by Crippen LogP contribution is 2.27. The van der Waals surface area contributed by atoms with Crippen LogP contribution in [0.4, 0.5) is 11.4 Å².